The van der Waals surface area contributed by atoms with Crippen molar-refractivity contribution in [2.24, 2.45) is 0 Å². The lowest BCUT2D eigenvalue weighted by Gasteiger charge is -2.16. The highest BCUT2D eigenvalue weighted by Gasteiger charge is 2.46. The Morgan fingerprint density at radius 3 is 2.81 bits per heavy atom. The third kappa shape index (κ3) is 2.41. The van der Waals surface area contributed by atoms with Crippen LogP contribution in [0.15, 0.2) is 12.7 Å². The van der Waals surface area contributed by atoms with Gasteiger partial charge in [0.15, 0.2) is 11.5 Å². The predicted molar refractivity (Wildman–Crippen MR) is 71.2 cm³/mol. The summed E-state index contributed by atoms with van der Waals surface area (Å²) in [4.78, 5) is 30.6. The molecule has 10 nitrogen and oxygen atoms in total. The van der Waals surface area contributed by atoms with Crippen LogP contribution in [0.3, 0.4) is 0 Å². The van der Waals surface area contributed by atoms with Crippen molar-refractivity contribution in [3.05, 3.63) is 12.7 Å². The molecule has 0 radical (unpaired) electrons. The Hall–Kier alpha value is -1.58. The fraction of sp³-hybridized carbons (Fsp3) is 0.500. The maximum atomic E-state index is 11.5. The number of nitrogen functional groups attached to an aromatic ring is 1. The number of hydrogen-bond acceptors (Lipinski definition) is 7. The highest BCUT2D eigenvalue weighted by molar-refractivity contribution is 7.52. The Kier molecular flexibility index (Phi) is 3.42. The minimum absolute atomic E-state index is 0.0465. The Balaban J connectivity index is 1.97. The van der Waals surface area contributed by atoms with E-state index in [9.17, 15) is 19.5 Å². The second kappa shape index (κ2) is 5.00. The van der Waals surface area contributed by atoms with Crippen LogP contribution in [0.1, 0.15) is 12.6 Å². The molecule has 0 bridgehead atoms. The Morgan fingerprint density at radius 1 is 1.43 bits per heavy atom. The van der Waals surface area contributed by atoms with Gasteiger partial charge in [0.05, 0.1) is 24.7 Å². The molecule has 0 aliphatic carbocycles. The van der Waals surface area contributed by atoms with E-state index in [-0.39, 0.29) is 12.2 Å². The van der Waals surface area contributed by atoms with Gasteiger partial charge in [-0.15, -0.1) is 0 Å². The quantitative estimate of drug-likeness (QED) is 0.534. The minimum Gasteiger partial charge on any atom is -0.394 e. The van der Waals surface area contributed by atoms with E-state index in [1.165, 1.54) is 17.2 Å². The van der Waals surface area contributed by atoms with Gasteiger partial charge in [0.2, 0.25) is 0 Å². The van der Waals surface area contributed by atoms with Crippen molar-refractivity contribution in [3.63, 3.8) is 0 Å². The number of nitrogens with two attached hydrogens (primary N) is 1. The van der Waals surface area contributed by atoms with E-state index in [1.54, 1.807) is 0 Å². The molecule has 0 saturated carbocycles. The average molecular weight is 315 g/mol. The van der Waals surface area contributed by atoms with Crippen molar-refractivity contribution in [1.82, 2.24) is 19.5 Å². The molecule has 3 heterocycles. The molecule has 2 aromatic rings. The molecule has 0 spiro atoms. The van der Waals surface area contributed by atoms with Crippen LogP contribution < -0.4 is 5.73 Å². The molecule has 1 fully saturated rings. The molecule has 0 aromatic carbocycles. The molecule has 0 amide bonds. The summed E-state index contributed by atoms with van der Waals surface area (Å²) in [5, 5.41) is 9.23. The van der Waals surface area contributed by atoms with Crippen LogP contribution >= 0.6 is 7.60 Å². The number of ether oxygens (including phenoxy) is 1. The molecule has 0 unspecified atom stereocenters. The van der Waals surface area contributed by atoms with E-state index >= 15 is 0 Å². The van der Waals surface area contributed by atoms with Gasteiger partial charge in [0.1, 0.15) is 18.1 Å². The van der Waals surface area contributed by atoms with E-state index in [0.717, 1.165) is 0 Å². The number of aliphatic hydroxyl groups is 1. The second-order valence-corrected chi connectivity index (χ2v) is 6.63. The molecule has 3 atom stereocenters. The van der Waals surface area contributed by atoms with Gasteiger partial charge in [0.25, 0.3) is 0 Å². The van der Waals surface area contributed by atoms with Crippen LogP contribution in [0.5, 0.6) is 0 Å². The zero-order chi connectivity index (χ0) is 15.2. The van der Waals surface area contributed by atoms with E-state index in [4.69, 9.17) is 10.5 Å². The maximum Gasteiger partial charge on any atom is 0.331 e. The standard InChI is InChI=1S/C10H14N5O5P/c11-9-8-10(13-3-12-9)15(4-14-8)7-1-6(21(17,18)19)5(2-16)20-7/h3-7,16H,1-2H2,(H2,11,12,13)(H2,17,18,19)/t5-,6+,7-/m1/s1. The van der Waals surface area contributed by atoms with E-state index in [0.29, 0.717) is 11.2 Å². The van der Waals surface area contributed by atoms with Crippen LogP contribution in [0, 0.1) is 0 Å². The SMILES string of the molecule is Nc1ncnc2c1ncn2[C@H]1C[C@H](P(=O)(O)O)[C@@H](CO)O1. The van der Waals surface area contributed by atoms with Crippen molar-refractivity contribution >= 4 is 24.6 Å². The van der Waals surface area contributed by atoms with Crippen LogP contribution in [-0.2, 0) is 9.30 Å². The summed E-state index contributed by atoms with van der Waals surface area (Å²) in [6.07, 6.45) is 1.13. The first-order chi connectivity index (χ1) is 9.91. The van der Waals surface area contributed by atoms with Gasteiger partial charge in [-0.25, -0.2) is 15.0 Å². The van der Waals surface area contributed by atoms with Crippen LogP contribution in [-0.4, -0.2) is 52.8 Å². The summed E-state index contributed by atoms with van der Waals surface area (Å²) in [6.45, 7) is -0.476. The monoisotopic (exact) mass is 315 g/mol. The van der Waals surface area contributed by atoms with Gasteiger partial charge in [-0.05, 0) is 0 Å². The summed E-state index contributed by atoms with van der Waals surface area (Å²) in [7, 11) is -4.37. The van der Waals surface area contributed by atoms with Crippen molar-refractivity contribution in [2.45, 2.75) is 24.4 Å². The first kappa shape index (κ1) is 14.4. The lowest BCUT2D eigenvalue weighted by molar-refractivity contribution is -0.0210. The Morgan fingerprint density at radius 2 is 2.19 bits per heavy atom. The Bertz CT molecular complexity index is 715. The van der Waals surface area contributed by atoms with Gasteiger partial charge in [-0.1, -0.05) is 0 Å². The molecular formula is C10H14N5O5P. The highest BCUT2D eigenvalue weighted by Crippen LogP contribution is 2.51. The molecule has 5 N–H and O–H groups in total. The molecular weight excluding hydrogens is 301 g/mol. The number of nitrogens with zero attached hydrogens (tertiary/aromatic N) is 4. The maximum absolute atomic E-state index is 11.5. The Labute approximate surface area is 118 Å². The average Bonchev–Trinajstić information content (AvgIpc) is 3.01. The third-order valence-electron chi connectivity index (χ3n) is 3.51. The summed E-state index contributed by atoms with van der Waals surface area (Å²) in [6, 6.07) is 0. The number of aliphatic hydroxyl groups excluding tert-OH is 1. The fourth-order valence-corrected chi connectivity index (χ4v) is 3.54. The van der Waals surface area contributed by atoms with Gasteiger partial charge < -0.3 is 25.4 Å². The zero-order valence-electron chi connectivity index (χ0n) is 10.8. The fourth-order valence-electron chi connectivity index (χ4n) is 2.48. The topological polar surface area (TPSA) is 157 Å². The van der Waals surface area contributed by atoms with Gasteiger partial charge in [0, 0.05) is 6.42 Å². The lowest BCUT2D eigenvalue weighted by atomic mass is 10.2. The van der Waals surface area contributed by atoms with Crippen molar-refractivity contribution < 1.29 is 24.2 Å². The van der Waals surface area contributed by atoms with Crippen molar-refractivity contribution in [1.29, 1.82) is 0 Å². The normalized spacial score (nSPS) is 26.5. The third-order valence-corrected chi connectivity index (χ3v) is 4.92. The smallest absolute Gasteiger partial charge is 0.331 e. The molecule has 114 valence electrons. The summed E-state index contributed by atoms with van der Waals surface area (Å²) in [5.41, 5.74) is 5.42. The van der Waals surface area contributed by atoms with E-state index in [2.05, 4.69) is 15.0 Å². The minimum atomic E-state index is -4.37. The zero-order valence-corrected chi connectivity index (χ0v) is 11.7. The molecule has 1 saturated heterocycles. The van der Waals surface area contributed by atoms with Crippen molar-refractivity contribution in [3.8, 4) is 0 Å². The lowest BCUT2D eigenvalue weighted by Crippen LogP contribution is -2.25. The number of fused-ring (bicyclic) bond motifs is 1. The number of imidazole rings is 1. The molecule has 1 aliphatic heterocycles. The first-order valence-corrected chi connectivity index (χ1v) is 7.84. The number of rotatable bonds is 3. The summed E-state index contributed by atoms with van der Waals surface area (Å²) >= 11 is 0. The van der Waals surface area contributed by atoms with Gasteiger partial charge in [-0.3, -0.25) is 9.13 Å². The van der Waals surface area contributed by atoms with Crippen LogP contribution in [0.25, 0.3) is 11.2 Å². The first-order valence-electron chi connectivity index (χ1n) is 6.16. The number of aromatic nitrogens is 4. The van der Waals surface area contributed by atoms with E-state index < -0.39 is 32.2 Å². The van der Waals surface area contributed by atoms with Gasteiger partial charge >= 0.3 is 7.60 Å². The van der Waals surface area contributed by atoms with Crippen molar-refractivity contribution in [2.75, 3.05) is 12.3 Å². The highest BCUT2D eigenvalue weighted by atomic mass is 31.2. The molecule has 3 rings (SSSR count). The summed E-state index contributed by atoms with van der Waals surface area (Å²) < 4.78 is 18.5. The largest absolute Gasteiger partial charge is 0.394 e. The van der Waals surface area contributed by atoms with Gasteiger partial charge in [-0.2, -0.15) is 0 Å². The second-order valence-electron chi connectivity index (χ2n) is 4.79. The van der Waals surface area contributed by atoms with E-state index in [1.807, 2.05) is 0 Å². The molecule has 1 aliphatic rings. The predicted octanol–water partition coefficient (Wildman–Crippen LogP) is -0.765. The number of anilines is 1. The molecule has 21 heavy (non-hydrogen) atoms. The molecule has 2 aromatic heterocycles. The van der Waals surface area contributed by atoms with Crippen LogP contribution in [0.4, 0.5) is 5.82 Å². The summed E-state index contributed by atoms with van der Waals surface area (Å²) in [5.74, 6) is 0.210. The van der Waals surface area contributed by atoms with Crippen LogP contribution in [0.2, 0.25) is 0 Å². The molecule has 11 heteroatoms. The number of hydrogen-bond donors (Lipinski definition) is 4.